The number of fused-ring (bicyclic) bond motifs is 1. The van der Waals surface area contributed by atoms with Gasteiger partial charge in [0.15, 0.2) is 5.65 Å². The van der Waals surface area contributed by atoms with Gasteiger partial charge in [0.25, 0.3) is 0 Å². The maximum atomic E-state index is 6.29. The molecule has 0 spiro atoms. The molecule has 98 valence electrons. The highest BCUT2D eigenvalue weighted by molar-refractivity contribution is 6.20. The molecule has 1 aliphatic carbocycles. The maximum Gasteiger partial charge on any atom is 0.158 e. The summed E-state index contributed by atoms with van der Waals surface area (Å²) >= 11 is 6.29. The number of hydrogen-bond acceptors (Lipinski definition) is 2. The summed E-state index contributed by atoms with van der Waals surface area (Å²) in [5.74, 6) is 1.79. The molecule has 18 heavy (non-hydrogen) atoms. The van der Waals surface area contributed by atoms with Gasteiger partial charge >= 0.3 is 0 Å². The van der Waals surface area contributed by atoms with Crippen LogP contribution in [0.5, 0.6) is 0 Å². The fraction of sp³-hybridized carbons (Fsp3) is 0.692. The largest absolute Gasteiger partial charge is 0.309 e. The predicted octanol–water partition coefficient (Wildman–Crippen LogP) is 3.35. The molecule has 5 heteroatoms. The molecule has 2 aromatic rings. The fourth-order valence-electron chi connectivity index (χ4n) is 3.02. The van der Waals surface area contributed by atoms with Crippen LogP contribution in [0.2, 0.25) is 0 Å². The first-order valence-electron chi connectivity index (χ1n) is 6.54. The molecule has 1 aliphatic rings. The topological polar surface area (TPSA) is 35.6 Å². The molecule has 0 amide bonds. The molecular weight excluding hydrogens is 248 g/mol. The molecule has 0 aromatic carbocycles. The van der Waals surface area contributed by atoms with Crippen LogP contribution in [0.25, 0.3) is 11.2 Å². The second-order valence-corrected chi connectivity index (χ2v) is 6.22. The van der Waals surface area contributed by atoms with Crippen molar-refractivity contribution in [2.75, 3.05) is 0 Å². The van der Waals surface area contributed by atoms with Crippen molar-refractivity contribution in [3.63, 3.8) is 0 Å². The van der Waals surface area contributed by atoms with E-state index in [1.807, 2.05) is 25.6 Å². The number of alkyl halides is 1. The van der Waals surface area contributed by atoms with Gasteiger partial charge in [-0.1, -0.05) is 6.92 Å². The summed E-state index contributed by atoms with van der Waals surface area (Å²) in [6.07, 6.45) is 2.43. The number of imidazole rings is 1. The van der Waals surface area contributed by atoms with Gasteiger partial charge in [-0.05, 0) is 32.6 Å². The average molecular weight is 267 g/mol. The first-order valence-corrected chi connectivity index (χ1v) is 6.98. The van der Waals surface area contributed by atoms with E-state index < -0.39 is 0 Å². The molecule has 0 saturated heterocycles. The van der Waals surface area contributed by atoms with Gasteiger partial charge < -0.3 is 4.57 Å². The van der Waals surface area contributed by atoms with Gasteiger partial charge in [0.2, 0.25) is 0 Å². The van der Waals surface area contributed by atoms with Crippen LogP contribution in [0.1, 0.15) is 49.6 Å². The molecule has 1 unspecified atom stereocenters. The molecule has 1 atom stereocenters. The van der Waals surface area contributed by atoms with Gasteiger partial charge in [-0.2, -0.15) is 5.10 Å². The molecule has 1 fully saturated rings. The minimum Gasteiger partial charge on any atom is -0.309 e. The van der Waals surface area contributed by atoms with Crippen molar-refractivity contribution >= 4 is 22.8 Å². The lowest BCUT2D eigenvalue weighted by Gasteiger charge is -2.35. The third-order valence-corrected chi connectivity index (χ3v) is 4.13. The second kappa shape index (κ2) is 3.98. The number of hydrogen-bond donors (Lipinski definition) is 0. The summed E-state index contributed by atoms with van der Waals surface area (Å²) in [5, 5.41) is 4.40. The van der Waals surface area contributed by atoms with Crippen LogP contribution in [0.4, 0.5) is 0 Å². The third kappa shape index (κ3) is 1.58. The SMILES string of the molecule is Cc1nn(C)c2c1nc(C(C)Cl)n2C1CC(C)C1. The molecule has 0 aliphatic heterocycles. The molecule has 0 radical (unpaired) electrons. The van der Waals surface area contributed by atoms with Crippen molar-refractivity contribution in [2.24, 2.45) is 13.0 Å². The van der Waals surface area contributed by atoms with Crippen molar-refractivity contribution in [2.45, 2.75) is 45.0 Å². The summed E-state index contributed by atoms with van der Waals surface area (Å²) in [5.41, 5.74) is 3.10. The van der Waals surface area contributed by atoms with E-state index in [4.69, 9.17) is 16.6 Å². The molecule has 3 rings (SSSR count). The Morgan fingerprint density at radius 3 is 2.61 bits per heavy atom. The Labute approximate surface area is 112 Å². The van der Waals surface area contributed by atoms with E-state index in [0.717, 1.165) is 28.6 Å². The van der Waals surface area contributed by atoms with Crippen molar-refractivity contribution in [1.29, 1.82) is 0 Å². The average Bonchev–Trinajstić information content (AvgIpc) is 2.74. The molecule has 0 bridgehead atoms. The van der Waals surface area contributed by atoms with Gasteiger partial charge in [0.1, 0.15) is 11.3 Å². The van der Waals surface area contributed by atoms with Gasteiger partial charge in [0.05, 0.1) is 11.1 Å². The summed E-state index contributed by atoms with van der Waals surface area (Å²) in [6.45, 7) is 6.29. The van der Waals surface area contributed by atoms with Crippen molar-refractivity contribution in [3.05, 3.63) is 11.5 Å². The zero-order chi connectivity index (χ0) is 13.0. The van der Waals surface area contributed by atoms with Gasteiger partial charge in [-0.15, -0.1) is 11.6 Å². The highest BCUT2D eigenvalue weighted by Crippen LogP contribution is 2.41. The molecule has 2 heterocycles. The minimum atomic E-state index is -0.0623. The number of nitrogens with zero attached hydrogens (tertiary/aromatic N) is 4. The lowest BCUT2D eigenvalue weighted by Crippen LogP contribution is -2.27. The van der Waals surface area contributed by atoms with E-state index in [1.54, 1.807) is 0 Å². The number of aromatic nitrogens is 4. The maximum absolute atomic E-state index is 6.29. The molecule has 2 aromatic heterocycles. The van der Waals surface area contributed by atoms with Crippen molar-refractivity contribution < 1.29 is 0 Å². The van der Waals surface area contributed by atoms with Crippen molar-refractivity contribution in [3.8, 4) is 0 Å². The number of rotatable bonds is 2. The minimum absolute atomic E-state index is 0.0623. The van der Waals surface area contributed by atoms with Crippen LogP contribution >= 0.6 is 11.6 Å². The van der Waals surface area contributed by atoms with Crippen molar-refractivity contribution in [1.82, 2.24) is 19.3 Å². The van der Waals surface area contributed by atoms with Crippen LogP contribution in [0.3, 0.4) is 0 Å². The molecule has 0 N–H and O–H groups in total. The Morgan fingerprint density at radius 2 is 2.06 bits per heavy atom. The second-order valence-electron chi connectivity index (χ2n) is 5.57. The van der Waals surface area contributed by atoms with E-state index in [2.05, 4.69) is 16.6 Å². The zero-order valence-electron chi connectivity index (χ0n) is 11.3. The lowest BCUT2D eigenvalue weighted by molar-refractivity contribution is 0.214. The lowest BCUT2D eigenvalue weighted by atomic mass is 9.81. The van der Waals surface area contributed by atoms with Gasteiger partial charge in [-0.3, -0.25) is 4.68 Å². The van der Waals surface area contributed by atoms with E-state index in [0.29, 0.717) is 6.04 Å². The van der Waals surface area contributed by atoms with Crippen LogP contribution in [0, 0.1) is 12.8 Å². The molecular formula is C13H19ClN4. The Hall–Kier alpha value is -1.03. The highest BCUT2D eigenvalue weighted by Gasteiger charge is 2.32. The highest BCUT2D eigenvalue weighted by atomic mass is 35.5. The Kier molecular flexibility index (Phi) is 2.66. The first-order chi connectivity index (χ1) is 8.49. The van der Waals surface area contributed by atoms with Crippen LogP contribution in [-0.2, 0) is 7.05 Å². The van der Waals surface area contributed by atoms with Crippen LogP contribution in [0.15, 0.2) is 0 Å². The summed E-state index contributed by atoms with van der Waals surface area (Å²) in [7, 11) is 1.98. The fourth-order valence-corrected chi connectivity index (χ4v) is 3.18. The smallest absolute Gasteiger partial charge is 0.158 e. The predicted molar refractivity (Wildman–Crippen MR) is 72.9 cm³/mol. The summed E-state index contributed by atoms with van der Waals surface area (Å²) in [6, 6.07) is 0.538. The van der Waals surface area contributed by atoms with Gasteiger partial charge in [0, 0.05) is 13.1 Å². The van der Waals surface area contributed by atoms with Crippen LogP contribution < -0.4 is 0 Å². The molecule has 4 nitrogen and oxygen atoms in total. The number of aryl methyl sites for hydroxylation is 2. The molecule has 1 saturated carbocycles. The van der Waals surface area contributed by atoms with E-state index in [-0.39, 0.29) is 5.38 Å². The summed E-state index contributed by atoms with van der Waals surface area (Å²) in [4.78, 5) is 4.71. The normalized spacial score (nSPS) is 25.4. The van der Waals surface area contributed by atoms with Crippen LogP contribution in [-0.4, -0.2) is 19.3 Å². The summed E-state index contributed by atoms with van der Waals surface area (Å²) < 4.78 is 4.25. The van der Waals surface area contributed by atoms with Gasteiger partial charge in [-0.25, -0.2) is 4.98 Å². The Balaban J connectivity index is 2.21. The van der Waals surface area contributed by atoms with E-state index >= 15 is 0 Å². The third-order valence-electron chi connectivity index (χ3n) is 3.93. The quantitative estimate of drug-likeness (QED) is 0.782. The van der Waals surface area contributed by atoms with E-state index in [1.165, 1.54) is 12.8 Å². The monoisotopic (exact) mass is 266 g/mol. The Morgan fingerprint density at radius 1 is 1.39 bits per heavy atom. The van der Waals surface area contributed by atoms with E-state index in [9.17, 15) is 0 Å². The Bertz CT molecular complexity index is 590. The zero-order valence-corrected chi connectivity index (χ0v) is 12.1. The standard InChI is InChI=1S/C13H19ClN4/c1-7-5-10(6-7)18-12(8(2)14)15-11-9(3)16-17(4)13(11)18/h7-8,10H,5-6H2,1-4H3. The number of halogens is 1. The first kappa shape index (κ1) is 12.0.